The maximum absolute atomic E-state index is 2.35. The van der Waals surface area contributed by atoms with E-state index in [2.05, 4.69) is 36.4 Å². The molecule has 0 aromatic heterocycles. The zero-order valence-corrected chi connectivity index (χ0v) is 11.8. The Hall–Kier alpha value is 0.420. The molecule has 0 radical (unpaired) electrons. The minimum absolute atomic E-state index is 0. The van der Waals surface area contributed by atoms with Crippen molar-refractivity contribution in [2.45, 2.75) is 18.3 Å². The zero-order valence-electron chi connectivity index (χ0n) is 7.14. The molecule has 0 N–H and O–H groups in total. The molecule has 0 nitrogen and oxygen atoms in total. The summed E-state index contributed by atoms with van der Waals surface area (Å²) in [7, 11) is 0. The van der Waals surface area contributed by atoms with Crippen LogP contribution < -0.4 is 0 Å². The normalized spacial score (nSPS) is 26.2. The van der Waals surface area contributed by atoms with E-state index in [1.165, 1.54) is 6.42 Å². The Kier molecular flexibility index (Phi) is 3.80. The highest BCUT2D eigenvalue weighted by Gasteiger charge is 2.31. The van der Waals surface area contributed by atoms with Crippen molar-refractivity contribution in [3.63, 3.8) is 0 Å². The first-order chi connectivity index (χ1) is 5.45. The van der Waals surface area contributed by atoms with E-state index in [9.17, 15) is 0 Å². The van der Waals surface area contributed by atoms with Crippen LogP contribution in [0.5, 0.6) is 0 Å². The molecule has 2 atom stereocenters. The molecule has 2 heteroatoms. The third-order valence-electron chi connectivity index (χ3n) is 2.88. The van der Waals surface area contributed by atoms with Gasteiger partial charge in [0.1, 0.15) is 0 Å². The van der Waals surface area contributed by atoms with Gasteiger partial charge in [0.15, 0.2) is 0 Å². The first-order valence-corrected chi connectivity index (χ1v) is 4.22. The largest absolute Gasteiger partial charge is 0.107 e. The average molecular weight is 398 g/mol. The molecule has 0 fully saturated rings. The Morgan fingerprint density at radius 1 is 0.846 bits per heavy atom. The lowest BCUT2D eigenvalue weighted by Crippen LogP contribution is -1.90. The van der Waals surface area contributed by atoms with Crippen LogP contribution in [0.2, 0.25) is 0 Å². The number of rotatable bonds is 0. The molecular weight excluding hydrogens is 386 g/mol. The van der Waals surface area contributed by atoms with Crippen LogP contribution in [0.15, 0.2) is 36.4 Å². The number of hydrogen-bond donors (Lipinski definition) is 0. The van der Waals surface area contributed by atoms with Crippen molar-refractivity contribution in [3.05, 3.63) is 47.5 Å². The monoisotopic (exact) mass is 398 g/mol. The average Bonchev–Trinajstić information content (AvgIpc) is 2.64. The minimum Gasteiger partial charge on any atom is -0.107 e. The maximum Gasteiger partial charge on any atom is 0.00299 e. The maximum atomic E-state index is 2.35. The van der Waals surface area contributed by atoms with Gasteiger partial charge in [-0.25, -0.2) is 0 Å². The van der Waals surface area contributed by atoms with E-state index >= 15 is 0 Å². The molecular formula is C11H12I2. The molecule has 0 aliphatic heterocycles. The number of allylic oxidation sites excluding steroid dienone is 2. The van der Waals surface area contributed by atoms with Gasteiger partial charge in [0.05, 0.1) is 0 Å². The van der Waals surface area contributed by atoms with Crippen LogP contribution in [0.4, 0.5) is 0 Å². The molecule has 2 aliphatic rings. The van der Waals surface area contributed by atoms with Gasteiger partial charge in [0.2, 0.25) is 0 Å². The second kappa shape index (κ2) is 4.29. The molecule has 3 rings (SSSR count). The lowest BCUT2D eigenvalue weighted by Gasteiger charge is -2.08. The van der Waals surface area contributed by atoms with Crippen molar-refractivity contribution < 1.29 is 0 Å². The van der Waals surface area contributed by atoms with Gasteiger partial charge < -0.3 is 0 Å². The molecule has 0 saturated heterocycles. The second-order valence-corrected chi connectivity index (χ2v) is 3.46. The fraction of sp³-hybridized carbons (Fsp3) is 0.273. The number of fused-ring (bicyclic) bond motifs is 5. The smallest absolute Gasteiger partial charge is 0.00299 e. The van der Waals surface area contributed by atoms with E-state index < -0.39 is 0 Å². The molecule has 1 aromatic carbocycles. The Morgan fingerprint density at radius 2 is 1.31 bits per heavy atom. The van der Waals surface area contributed by atoms with Crippen molar-refractivity contribution in [3.8, 4) is 0 Å². The summed E-state index contributed by atoms with van der Waals surface area (Å²) in [4.78, 5) is 0. The highest BCUT2D eigenvalue weighted by atomic mass is 127. The van der Waals surface area contributed by atoms with E-state index in [0.29, 0.717) is 0 Å². The first kappa shape index (κ1) is 11.5. The molecule has 2 bridgehead atoms. The van der Waals surface area contributed by atoms with Gasteiger partial charge in [0, 0.05) is 11.8 Å². The molecule has 0 saturated carbocycles. The fourth-order valence-electron chi connectivity index (χ4n) is 2.35. The number of benzene rings is 1. The summed E-state index contributed by atoms with van der Waals surface area (Å²) in [5, 5.41) is 0. The fourth-order valence-corrected chi connectivity index (χ4v) is 2.35. The van der Waals surface area contributed by atoms with Crippen LogP contribution in [-0.2, 0) is 0 Å². The van der Waals surface area contributed by atoms with Crippen LogP contribution >= 0.6 is 48.0 Å². The van der Waals surface area contributed by atoms with Crippen molar-refractivity contribution in [2.75, 3.05) is 0 Å². The predicted molar refractivity (Wildman–Crippen MR) is 76.5 cm³/mol. The summed E-state index contributed by atoms with van der Waals surface area (Å²) in [6.45, 7) is 0. The van der Waals surface area contributed by atoms with E-state index in [-0.39, 0.29) is 48.0 Å². The second-order valence-electron chi connectivity index (χ2n) is 3.46. The van der Waals surface area contributed by atoms with Gasteiger partial charge in [-0.15, -0.1) is 48.0 Å². The van der Waals surface area contributed by atoms with Crippen LogP contribution in [0.3, 0.4) is 0 Å². The van der Waals surface area contributed by atoms with Gasteiger partial charge in [-0.05, 0) is 17.5 Å². The number of halogens is 2. The van der Waals surface area contributed by atoms with Crippen molar-refractivity contribution in [2.24, 2.45) is 0 Å². The van der Waals surface area contributed by atoms with Gasteiger partial charge in [0.25, 0.3) is 0 Å². The van der Waals surface area contributed by atoms with Crippen molar-refractivity contribution in [1.29, 1.82) is 0 Å². The summed E-state index contributed by atoms with van der Waals surface area (Å²) in [5.74, 6) is 1.49. The predicted octanol–water partition coefficient (Wildman–Crippen LogP) is 4.06. The quantitative estimate of drug-likeness (QED) is 0.457. The van der Waals surface area contributed by atoms with Crippen LogP contribution in [0.1, 0.15) is 29.4 Å². The third kappa shape index (κ3) is 1.67. The van der Waals surface area contributed by atoms with Crippen LogP contribution in [0, 0.1) is 0 Å². The van der Waals surface area contributed by atoms with Crippen molar-refractivity contribution in [1.82, 2.24) is 0 Å². The summed E-state index contributed by atoms with van der Waals surface area (Å²) in [5.41, 5.74) is 3.14. The molecule has 0 heterocycles. The Labute approximate surface area is 113 Å². The summed E-state index contributed by atoms with van der Waals surface area (Å²) >= 11 is 0. The number of hydrogen-bond acceptors (Lipinski definition) is 0. The lowest BCUT2D eigenvalue weighted by atomic mass is 9.97. The molecule has 2 unspecified atom stereocenters. The SMILES string of the molecule is C1=CC2CC1c1ccccc12.I.I. The van der Waals surface area contributed by atoms with Crippen LogP contribution in [-0.4, -0.2) is 0 Å². The summed E-state index contributed by atoms with van der Waals surface area (Å²) in [6, 6.07) is 8.83. The van der Waals surface area contributed by atoms with E-state index in [4.69, 9.17) is 0 Å². The molecule has 13 heavy (non-hydrogen) atoms. The highest BCUT2D eigenvalue weighted by Crippen LogP contribution is 2.47. The topological polar surface area (TPSA) is 0 Å². The minimum atomic E-state index is 0. The molecule has 70 valence electrons. The Balaban J connectivity index is 0.000000422. The molecule has 0 amide bonds. The zero-order chi connectivity index (χ0) is 7.26. The Bertz CT molecular complexity index is 300. The van der Waals surface area contributed by atoms with Gasteiger partial charge in [-0.1, -0.05) is 36.4 Å². The lowest BCUT2D eigenvalue weighted by molar-refractivity contribution is 0.804. The highest BCUT2D eigenvalue weighted by molar-refractivity contribution is 14.0. The van der Waals surface area contributed by atoms with Gasteiger partial charge >= 0.3 is 0 Å². The standard InChI is InChI=1S/C11H10.2HI/c1-2-4-11-9-6-5-8(7-9)10(11)3-1;;/h1-6,8-9H,7H2;2*1H. The summed E-state index contributed by atoms with van der Waals surface area (Å²) < 4.78 is 0. The van der Waals surface area contributed by atoms with E-state index in [1.54, 1.807) is 11.1 Å². The Morgan fingerprint density at radius 3 is 1.77 bits per heavy atom. The van der Waals surface area contributed by atoms with Crippen molar-refractivity contribution >= 4 is 48.0 Å². The van der Waals surface area contributed by atoms with Gasteiger partial charge in [-0.3, -0.25) is 0 Å². The van der Waals surface area contributed by atoms with E-state index in [1.807, 2.05) is 0 Å². The third-order valence-corrected chi connectivity index (χ3v) is 2.88. The van der Waals surface area contributed by atoms with Crippen LogP contribution in [0.25, 0.3) is 0 Å². The molecule has 0 spiro atoms. The molecule has 2 aliphatic carbocycles. The molecule has 1 aromatic rings. The van der Waals surface area contributed by atoms with E-state index in [0.717, 1.165) is 11.8 Å². The summed E-state index contributed by atoms with van der Waals surface area (Å²) in [6.07, 6.45) is 6.04. The first-order valence-electron chi connectivity index (χ1n) is 4.22. The van der Waals surface area contributed by atoms with Gasteiger partial charge in [-0.2, -0.15) is 0 Å².